The van der Waals surface area contributed by atoms with E-state index in [9.17, 15) is 27.7 Å². The Morgan fingerprint density at radius 3 is 2.33 bits per heavy atom. The third-order valence-corrected chi connectivity index (χ3v) is 5.00. The van der Waals surface area contributed by atoms with E-state index >= 15 is 0 Å². The van der Waals surface area contributed by atoms with Crippen LogP contribution in [0.1, 0.15) is 18.4 Å². The summed E-state index contributed by atoms with van der Waals surface area (Å²) >= 11 is 0. The number of carbonyl (C=O) groups is 1. The Balaban J connectivity index is 1.71. The zero-order valence-corrected chi connectivity index (χ0v) is 14.9. The van der Waals surface area contributed by atoms with Gasteiger partial charge in [0.2, 0.25) is 10.0 Å². The first kappa shape index (κ1) is 20.5. The summed E-state index contributed by atoms with van der Waals surface area (Å²) in [4.78, 5) is 21.6. The molecule has 27 heavy (non-hydrogen) atoms. The van der Waals surface area contributed by atoms with Gasteiger partial charge in [0.1, 0.15) is 12.4 Å². The minimum Gasteiger partial charge on any atom is -0.461 e. The van der Waals surface area contributed by atoms with Crippen molar-refractivity contribution in [3.05, 3.63) is 70.0 Å². The summed E-state index contributed by atoms with van der Waals surface area (Å²) in [5, 5.41) is 10.6. The molecule has 0 spiro atoms. The number of hydrogen-bond donors (Lipinski definition) is 1. The lowest BCUT2D eigenvalue weighted by atomic mass is 10.2. The highest BCUT2D eigenvalue weighted by molar-refractivity contribution is 7.89. The van der Waals surface area contributed by atoms with E-state index in [0.29, 0.717) is 5.56 Å². The molecular weight excluding hydrogens is 379 g/mol. The zero-order chi connectivity index (χ0) is 19.9. The number of hydrogen-bond acceptors (Lipinski definition) is 6. The van der Waals surface area contributed by atoms with Crippen LogP contribution in [0, 0.1) is 15.9 Å². The standard InChI is InChI=1S/C17H17FN2O6S/c18-14-5-9-16(10-6-14)27(24,25)19-11-1-2-17(21)26-12-13-3-7-15(8-4-13)20(22)23/h3-10,19H,1-2,11-12H2. The van der Waals surface area contributed by atoms with Gasteiger partial charge >= 0.3 is 5.97 Å². The van der Waals surface area contributed by atoms with E-state index in [1.54, 1.807) is 0 Å². The molecule has 0 atom stereocenters. The third kappa shape index (κ3) is 6.42. The van der Waals surface area contributed by atoms with Crippen molar-refractivity contribution in [2.24, 2.45) is 0 Å². The minimum absolute atomic E-state index is 0.00107. The molecular formula is C17H17FN2O6S. The van der Waals surface area contributed by atoms with Crippen LogP contribution in [0.2, 0.25) is 0 Å². The molecule has 0 bridgehead atoms. The Kier molecular flexibility index (Phi) is 6.97. The Morgan fingerprint density at radius 1 is 1.11 bits per heavy atom. The van der Waals surface area contributed by atoms with Gasteiger partial charge < -0.3 is 4.74 Å². The number of nitrogens with one attached hydrogen (secondary N) is 1. The average Bonchev–Trinajstić information content (AvgIpc) is 2.64. The zero-order valence-electron chi connectivity index (χ0n) is 14.1. The number of rotatable bonds is 9. The van der Waals surface area contributed by atoms with Gasteiger partial charge in [-0.3, -0.25) is 14.9 Å². The highest BCUT2D eigenvalue weighted by Crippen LogP contribution is 2.13. The SMILES string of the molecule is O=C(CCCNS(=O)(=O)c1ccc(F)cc1)OCc1ccc([N+](=O)[O-])cc1. The predicted octanol–water partition coefficient (Wildman–Crippen LogP) is 2.54. The van der Waals surface area contributed by atoms with Crippen molar-refractivity contribution >= 4 is 21.7 Å². The average molecular weight is 396 g/mol. The van der Waals surface area contributed by atoms with Crippen LogP contribution < -0.4 is 4.72 Å². The molecule has 0 aliphatic heterocycles. The van der Waals surface area contributed by atoms with Gasteiger partial charge in [-0.05, 0) is 48.4 Å². The van der Waals surface area contributed by atoms with Gasteiger partial charge in [0, 0.05) is 25.1 Å². The van der Waals surface area contributed by atoms with Crippen LogP contribution in [-0.4, -0.2) is 25.9 Å². The maximum atomic E-state index is 12.8. The highest BCUT2D eigenvalue weighted by Gasteiger charge is 2.13. The predicted molar refractivity (Wildman–Crippen MR) is 93.7 cm³/mol. The summed E-state index contributed by atoms with van der Waals surface area (Å²) in [6.45, 7) is -0.00945. The molecule has 0 aromatic heterocycles. The fourth-order valence-electron chi connectivity index (χ4n) is 2.09. The lowest BCUT2D eigenvalue weighted by molar-refractivity contribution is -0.384. The molecule has 0 aliphatic carbocycles. The molecule has 2 aromatic carbocycles. The summed E-state index contributed by atoms with van der Waals surface area (Å²) in [6, 6.07) is 9.99. The van der Waals surface area contributed by atoms with Crippen molar-refractivity contribution in [2.75, 3.05) is 6.54 Å². The number of halogens is 1. The van der Waals surface area contributed by atoms with Crippen molar-refractivity contribution in [3.63, 3.8) is 0 Å². The number of nitro benzene ring substituents is 1. The molecule has 2 rings (SSSR count). The van der Waals surface area contributed by atoms with Gasteiger partial charge in [0.25, 0.3) is 5.69 Å². The second kappa shape index (κ2) is 9.19. The van der Waals surface area contributed by atoms with Crippen LogP contribution in [0.5, 0.6) is 0 Å². The van der Waals surface area contributed by atoms with Gasteiger partial charge in [-0.2, -0.15) is 0 Å². The van der Waals surface area contributed by atoms with Crippen molar-refractivity contribution in [1.29, 1.82) is 0 Å². The van der Waals surface area contributed by atoms with Crippen LogP contribution >= 0.6 is 0 Å². The maximum Gasteiger partial charge on any atom is 0.306 e. The van der Waals surface area contributed by atoms with Gasteiger partial charge in [0.15, 0.2) is 0 Å². The van der Waals surface area contributed by atoms with E-state index in [0.717, 1.165) is 24.3 Å². The lowest BCUT2D eigenvalue weighted by Crippen LogP contribution is -2.25. The van der Waals surface area contributed by atoms with Crippen LogP contribution in [0.4, 0.5) is 10.1 Å². The second-order valence-corrected chi connectivity index (χ2v) is 7.31. The van der Waals surface area contributed by atoms with E-state index in [1.165, 1.54) is 24.3 Å². The number of nitro groups is 1. The smallest absolute Gasteiger partial charge is 0.306 e. The molecule has 0 saturated carbocycles. The number of benzene rings is 2. The van der Waals surface area contributed by atoms with Crippen molar-refractivity contribution in [2.45, 2.75) is 24.3 Å². The van der Waals surface area contributed by atoms with Crippen molar-refractivity contribution in [1.82, 2.24) is 4.72 Å². The molecule has 0 fully saturated rings. The van der Waals surface area contributed by atoms with Crippen LogP contribution in [0.25, 0.3) is 0 Å². The first-order chi connectivity index (χ1) is 12.8. The van der Waals surface area contributed by atoms with E-state index in [4.69, 9.17) is 4.74 Å². The van der Waals surface area contributed by atoms with Crippen LogP contribution in [0.15, 0.2) is 53.4 Å². The second-order valence-electron chi connectivity index (χ2n) is 5.54. The molecule has 1 N–H and O–H groups in total. The molecule has 0 amide bonds. The van der Waals surface area contributed by atoms with Crippen LogP contribution in [0.3, 0.4) is 0 Å². The number of esters is 1. The Hall–Kier alpha value is -2.85. The molecule has 0 unspecified atom stereocenters. The van der Waals surface area contributed by atoms with E-state index in [2.05, 4.69) is 4.72 Å². The quantitative estimate of drug-likeness (QED) is 0.301. The summed E-state index contributed by atoms with van der Waals surface area (Å²) in [7, 11) is -3.77. The van der Waals surface area contributed by atoms with E-state index in [-0.39, 0.29) is 36.6 Å². The van der Waals surface area contributed by atoms with Gasteiger partial charge in [-0.15, -0.1) is 0 Å². The summed E-state index contributed by atoms with van der Waals surface area (Å²) in [5.41, 5.74) is 0.546. The fourth-order valence-corrected chi connectivity index (χ4v) is 3.16. The monoisotopic (exact) mass is 396 g/mol. The van der Waals surface area contributed by atoms with Gasteiger partial charge in [0.05, 0.1) is 9.82 Å². The minimum atomic E-state index is -3.77. The first-order valence-corrected chi connectivity index (χ1v) is 9.40. The Labute approximate surface area is 155 Å². The van der Waals surface area contributed by atoms with E-state index < -0.39 is 26.7 Å². The van der Waals surface area contributed by atoms with Crippen molar-refractivity contribution < 1.29 is 27.3 Å². The largest absolute Gasteiger partial charge is 0.461 e. The summed E-state index contributed by atoms with van der Waals surface area (Å²) < 4.78 is 44.1. The molecule has 10 heteroatoms. The molecule has 0 saturated heterocycles. The summed E-state index contributed by atoms with van der Waals surface area (Å²) in [6.07, 6.45) is 0.221. The Morgan fingerprint density at radius 2 is 1.74 bits per heavy atom. The van der Waals surface area contributed by atoms with Gasteiger partial charge in [-0.1, -0.05) is 0 Å². The van der Waals surface area contributed by atoms with E-state index in [1.807, 2.05) is 0 Å². The third-order valence-electron chi connectivity index (χ3n) is 3.52. The molecule has 0 aliphatic rings. The number of carbonyl (C=O) groups excluding carboxylic acids is 1. The van der Waals surface area contributed by atoms with Crippen LogP contribution in [-0.2, 0) is 26.2 Å². The van der Waals surface area contributed by atoms with Gasteiger partial charge in [-0.25, -0.2) is 17.5 Å². The number of nitrogens with zero attached hydrogens (tertiary/aromatic N) is 1. The fraction of sp³-hybridized carbons (Fsp3) is 0.235. The molecule has 0 heterocycles. The first-order valence-electron chi connectivity index (χ1n) is 7.92. The maximum absolute atomic E-state index is 12.8. The molecule has 0 radical (unpaired) electrons. The number of sulfonamides is 1. The normalized spacial score (nSPS) is 11.1. The summed E-state index contributed by atoms with van der Waals surface area (Å²) in [5.74, 6) is -1.06. The highest BCUT2D eigenvalue weighted by atomic mass is 32.2. The molecule has 144 valence electrons. The molecule has 8 nitrogen and oxygen atoms in total. The number of non-ortho nitro benzene ring substituents is 1. The Bertz CT molecular complexity index is 898. The number of ether oxygens (including phenoxy) is 1. The van der Waals surface area contributed by atoms with Crippen molar-refractivity contribution in [3.8, 4) is 0 Å². The molecule has 2 aromatic rings. The topological polar surface area (TPSA) is 116 Å². The lowest BCUT2D eigenvalue weighted by Gasteiger charge is -2.07.